The minimum absolute atomic E-state index is 0.365. The molecule has 192 valence electrons. The molecule has 0 fully saturated rings. The number of aromatic nitrogens is 4. The summed E-state index contributed by atoms with van der Waals surface area (Å²) in [7, 11) is 0. The van der Waals surface area contributed by atoms with Gasteiger partial charge in [-0.1, -0.05) is 54.5 Å². The van der Waals surface area contributed by atoms with E-state index in [0.717, 1.165) is 43.3 Å². The highest BCUT2D eigenvalue weighted by Crippen LogP contribution is 2.21. The number of hydrogen-bond acceptors (Lipinski definition) is 9. The van der Waals surface area contributed by atoms with Crippen molar-refractivity contribution in [3.8, 4) is 0 Å². The number of amides is 4. The minimum Gasteiger partial charge on any atom is -0.308 e. The van der Waals surface area contributed by atoms with Crippen molar-refractivity contribution in [2.75, 3.05) is 32.8 Å². The molecule has 4 rings (SSSR count). The van der Waals surface area contributed by atoms with Crippen LogP contribution in [0.4, 0.5) is 31.2 Å². The third kappa shape index (κ3) is 9.34. The summed E-state index contributed by atoms with van der Waals surface area (Å²) >= 11 is 11.2. The summed E-state index contributed by atoms with van der Waals surface area (Å²) in [5, 5.41) is 29.9. The molecule has 0 saturated carbocycles. The fraction of sp³-hybridized carbons (Fsp3) is 0.182. The largest absolute Gasteiger partial charge is 0.325 e. The highest BCUT2D eigenvalue weighted by Gasteiger charge is 2.10. The number of halogens is 2. The van der Waals surface area contributed by atoms with Crippen LogP contribution >= 0.6 is 66.3 Å². The molecule has 2 aromatic heterocycles. The van der Waals surface area contributed by atoms with Crippen molar-refractivity contribution in [3.05, 3.63) is 67.5 Å². The van der Waals surface area contributed by atoms with Gasteiger partial charge in [0.15, 0.2) is 0 Å². The second-order valence-corrected chi connectivity index (χ2v) is 12.5. The van der Waals surface area contributed by atoms with E-state index in [0.29, 0.717) is 21.6 Å². The van der Waals surface area contributed by atoms with E-state index in [1.54, 1.807) is 36.0 Å². The Morgan fingerprint density at radius 1 is 0.649 bits per heavy atom. The molecular weight excluding hydrogens is 664 g/mol. The Morgan fingerprint density at radius 3 is 1.46 bits per heavy atom. The molecule has 4 amide bonds. The average molecular weight is 684 g/mol. The maximum Gasteiger partial charge on any atom is 0.325 e. The van der Waals surface area contributed by atoms with Gasteiger partial charge in [0.2, 0.25) is 10.3 Å². The first-order valence-electron chi connectivity index (χ1n) is 10.8. The molecule has 0 bridgehead atoms. The van der Waals surface area contributed by atoms with Crippen LogP contribution in [0.5, 0.6) is 0 Å². The summed E-state index contributed by atoms with van der Waals surface area (Å²) in [5.74, 6) is 1.72. The van der Waals surface area contributed by atoms with E-state index in [4.69, 9.17) is 0 Å². The first-order chi connectivity index (χ1) is 17.9. The lowest BCUT2D eigenvalue weighted by atomic mass is 10.3. The molecule has 0 spiro atoms. The number of urea groups is 2. The van der Waals surface area contributed by atoms with Crippen molar-refractivity contribution in [1.82, 2.24) is 20.4 Å². The number of carbonyl (C=O) groups excluding carboxylic acids is 2. The van der Waals surface area contributed by atoms with Crippen LogP contribution in [0.25, 0.3) is 0 Å². The number of carbonyl (C=O) groups is 2. The van der Waals surface area contributed by atoms with E-state index in [9.17, 15) is 9.59 Å². The minimum atomic E-state index is -0.365. The standard InChI is InChI=1S/C22H20Br2N8O2S3/c23-13-1-5-15(6-2-13)25-19(33)27-21-31-29-17(36-21)9-11-35-12-10-18-30-32-22(37-18)28-20(34)26-16-7-3-14(24)4-8-16/h1-8H,9-12H2,(H2,25,27,31,33)(H2,26,28,32,34). The van der Waals surface area contributed by atoms with E-state index in [1.807, 2.05) is 24.3 Å². The molecule has 0 saturated heterocycles. The summed E-state index contributed by atoms with van der Waals surface area (Å²) in [5.41, 5.74) is 1.37. The first kappa shape index (κ1) is 27.4. The zero-order valence-corrected chi connectivity index (χ0v) is 24.7. The molecule has 0 aliphatic heterocycles. The molecule has 0 unspecified atom stereocenters. The Balaban J connectivity index is 1.11. The lowest BCUT2D eigenvalue weighted by Crippen LogP contribution is -2.19. The second-order valence-electron chi connectivity index (χ2n) is 7.29. The summed E-state index contributed by atoms with van der Waals surface area (Å²) in [4.78, 5) is 24.3. The molecule has 2 aromatic carbocycles. The number of hydrogen-bond donors (Lipinski definition) is 4. The Hall–Kier alpha value is -2.59. The van der Waals surface area contributed by atoms with Crippen LogP contribution < -0.4 is 21.3 Å². The molecule has 10 nitrogen and oxygen atoms in total. The number of nitrogens with one attached hydrogen (secondary N) is 4. The summed E-state index contributed by atoms with van der Waals surface area (Å²) in [6.07, 6.45) is 1.50. The van der Waals surface area contributed by atoms with Gasteiger partial charge in [0.05, 0.1) is 0 Å². The summed E-state index contributed by atoms with van der Waals surface area (Å²) in [6.45, 7) is 0. The van der Waals surface area contributed by atoms with Gasteiger partial charge in [0, 0.05) is 33.2 Å². The van der Waals surface area contributed by atoms with Crippen molar-refractivity contribution in [2.24, 2.45) is 0 Å². The number of thioether (sulfide) groups is 1. The SMILES string of the molecule is O=C(Nc1ccc(Br)cc1)Nc1nnc(CCSCCc2nnc(NC(=O)Nc3ccc(Br)cc3)s2)s1. The normalized spacial score (nSPS) is 10.6. The van der Waals surface area contributed by atoms with Crippen molar-refractivity contribution in [1.29, 1.82) is 0 Å². The predicted molar refractivity (Wildman–Crippen MR) is 158 cm³/mol. The van der Waals surface area contributed by atoms with Gasteiger partial charge in [0.1, 0.15) is 10.0 Å². The Bertz CT molecular complexity index is 1230. The van der Waals surface area contributed by atoms with E-state index in [-0.39, 0.29) is 12.1 Å². The Labute approximate surface area is 241 Å². The molecule has 0 aliphatic rings. The topological polar surface area (TPSA) is 134 Å². The maximum absolute atomic E-state index is 12.1. The molecule has 15 heteroatoms. The van der Waals surface area contributed by atoms with Crippen molar-refractivity contribution in [2.45, 2.75) is 12.8 Å². The molecule has 0 radical (unpaired) electrons. The number of nitrogens with zero attached hydrogens (tertiary/aromatic N) is 4. The molecule has 4 aromatic rings. The van der Waals surface area contributed by atoms with Crippen LogP contribution in [0.1, 0.15) is 10.0 Å². The van der Waals surface area contributed by atoms with Crippen LogP contribution in [0.2, 0.25) is 0 Å². The highest BCUT2D eigenvalue weighted by molar-refractivity contribution is 9.10. The molecule has 0 aliphatic carbocycles. The fourth-order valence-electron chi connectivity index (χ4n) is 2.82. The third-order valence-corrected chi connectivity index (χ3v) is 8.34. The molecule has 0 atom stereocenters. The van der Waals surface area contributed by atoms with Crippen LogP contribution in [0, 0.1) is 0 Å². The first-order valence-corrected chi connectivity index (χ1v) is 15.2. The van der Waals surface area contributed by atoms with Gasteiger partial charge in [0.25, 0.3) is 0 Å². The van der Waals surface area contributed by atoms with E-state index in [2.05, 4.69) is 73.5 Å². The quantitative estimate of drug-likeness (QED) is 0.136. The highest BCUT2D eigenvalue weighted by atomic mass is 79.9. The predicted octanol–water partition coefficient (Wildman–Crippen LogP) is 6.72. The lowest BCUT2D eigenvalue weighted by Gasteiger charge is -2.04. The number of benzene rings is 2. The zero-order valence-electron chi connectivity index (χ0n) is 19.0. The fourth-order valence-corrected chi connectivity index (χ4v) is 5.95. The van der Waals surface area contributed by atoms with Crippen LogP contribution in [-0.4, -0.2) is 44.0 Å². The number of rotatable bonds is 10. The van der Waals surface area contributed by atoms with Crippen LogP contribution in [0.3, 0.4) is 0 Å². The van der Waals surface area contributed by atoms with Gasteiger partial charge in [-0.2, -0.15) is 11.8 Å². The molecule has 2 heterocycles. The second kappa shape index (κ2) is 13.8. The summed E-state index contributed by atoms with van der Waals surface area (Å²) < 4.78 is 1.88. The van der Waals surface area contributed by atoms with Crippen molar-refractivity contribution < 1.29 is 9.59 Å². The third-order valence-electron chi connectivity index (χ3n) is 4.50. The van der Waals surface area contributed by atoms with E-state index >= 15 is 0 Å². The Kier molecular flexibility index (Phi) is 10.2. The molecular formula is C22H20Br2N8O2S3. The van der Waals surface area contributed by atoms with E-state index in [1.165, 1.54) is 22.7 Å². The smallest absolute Gasteiger partial charge is 0.308 e. The van der Waals surface area contributed by atoms with Crippen LogP contribution in [0.15, 0.2) is 57.5 Å². The Morgan fingerprint density at radius 2 is 1.05 bits per heavy atom. The van der Waals surface area contributed by atoms with Gasteiger partial charge in [-0.3, -0.25) is 10.6 Å². The van der Waals surface area contributed by atoms with E-state index < -0.39 is 0 Å². The van der Waals surface area contributed by atoms with Crippen LogP contribution in [-0.2, 0) is 12.8 Å². The number of aryl methyl sites for hydroxylation is 2. The number of anilines is 4. The zero-order chi connectivity index (χ0) is 26.0. The lowest BCUT2D eigenvalue weighted by molar-refractivity contribution is 0.261. The van der Waals surface area contributed by atoms with Gasteiger partial charge in [-0.25, -0.2) is 9.59 Å². The molecule has 4 N–H and O–H groups in total. The van der Waals surface area contributed by atoms with Crippen molar-refractivity contribution in [3.63, 3.8) is 0 Å². The van der Waals surface area contributed by atoms with Gasteiger partial charge in [-0.15, -0.1) is 20.4 Å². The maximum atomic E-state index is 12.1. The average Bonchev–Trinajstić information content (AvgIpc) is 3.51. The monoisotopic (exact) mass is 682 g/mol. The summed E-state index contributed by atoms with van der Waals surface area (Å²) in [6, 6.07) is 13.9. The van der Waals surface area contributed by atoms with Gasteiger partial charge < -0.3 is 10.6 Å². The van der Waals surface area contributed by atoms with Gasteiger partial charge in [-0.05, 0) is 60.0 Å². The van der Waals surface area contributed by atoms with Crippen molar-refractivity contribution >= 4 is 100.0 Å². The molecule has 37 heavy (non-hydrogen) atoms. The van der Waals surface area contributed by atoms with Gasteiger partial charge >= 0.3 is 12.1 Å².